The maximum Gasteiger partial charge on any atom is 0.269 e. The van der Waals surface area contributed by atoms with E-state index in [0.29, 0.717) is 0 Å². The number of nitrogens with zero attached hydrogens (tertiary/aromatic N) is 2. The zero-order valence-electron chi connectivity index (χ0n) is 14.1. The van der Waals surface area contributed by atoms with Crippen LogP contribution < -0.4 is 10.2 Å². The lowest BCUT2D eigenvalue weighted by molar-refractivity contribution is -0.384. The predicted molar refractivity (Wildman–Crippen MR) is 97.0 cm³/mol. The lowest BCUT2D eigenvalue weighted by atomic mass is 10.0. The lowest BCUT2D eigenvalue weighted by Gasteiger charge is -2.34. The Labute approximate surface area is 146 Å². The first-order valence-corrected chi connectivity index (χ1v) is 8.40. The van der Waals surface area contributed by atoms with Crippen molar-refractivity contribution in [2.24, 2.45) is 0 Å². The summed E-state index contributed by atoms with van der Waals surface area (Å²) in [5.41, 5.74) is 2.78. The molecular formula is C19H21N3O3. The van der Waals surface area contributed by atoms with E-state index in [9.17, 15) is 14.9 Å². The molecule has 6 heteroatoms. The molecule has 0 atom stereocenters. The summed E-state index contributed by atoms with van der Waals surface area (Å²) in [6.07, 6.45) is 1.71. The third-order valence-electron chi connectivity index (χ3n) is 4.65. The molecular weight excluding hydrogens is 318 g/mol. The minimum absolute atomic E-state index is 0.0214. The molecule has 130 valence electrons. The molecule has 1 amide bonds. The number of anilines is 1. The van der Waals surface area contributed by atoms with Crippen LogP contribution in [0.15, 0.2) is 48.5 Å². The highest BCUT2D eigenvalue weighted by Gasteiger charge is 2.22. The number of carbonyl (C=O) groups excluding carboxylic acids is 1. The van der Waals surface area contributed by atoms with Gasteiger partial charge in [0.05, 0.1) is 4.92 Å². The first kappa shape index (κ1) is 17.0. The average Bonchev–Trinajstić information content (AvgIpc) is 2.63. The summed E-state index contributed by atoms with van der Waals surface area (Å²) in [5.74, 6) is -0.0214. The van der Waals surface area contributed by atoms with Crippen molar-refractivity contribution in [1.82, 2.24) is 5.32 Å². The van der Waals surface area contributed by atoms with Gasteiger partial charge in [-0.05, 0) is 43.5 Å². The number of aryl methyl sites for hydroxylation is 1. The van der Waals surface area contributed by atoms with Gasteiger partial charge in [-0.3, -0.25) is 14.9 Å². The summed E-state index contributed by atoms with van der Waals surface area (Å²) >= 11 is 0. The second-order valence-corrected chi connectivity index (χ2v) is 6.32. The van der Waals surface area contributed by atoms with Crippen molar-refractivity contribution in [3.63, 3.8) is 0 Å². The van der Waals surface area contributed by atoms with Crippen LogP contribution >= 0.6 is 0 Å². The fraction of sp³-hybridized carbons (Fsp3) is 0.316. The highest BCUT2D eigenvalue weighted by atomic mass is 16.6. The van der Waals surface area contributed by atoms with E-state index in [1.165, 1.54) is 12.1 Å². The van der Waals surface area contributed by atoms with Crippen molar-refractivity contribution in [1.29, 1.82) is 0 Å². The summed E-state index contributed by atoms with van der Waals surface area (Å²) in [4.78, 5) is 24.9. The van der Waals surface area contributed by atoms with E-state index in [2.05, 4.69) is 10.2 Å². The maximum atomic E-state index is 12.4. The van der Waals surface area contributed by atoms with Crippen molar-refractivity contribution in [2.45, 2.75) is 25.8 Å². The molecule has 0 radical (unpaired) electrons. The SMILES string of the molecule is Cc1ccccc1C(=O)NC1CCN(c2ccc([N+](=O)[O-])cc2)CC1. The van der Waals surface area contributed by atoms with Crippen LogP contribution in [0.2, 0.25) is 0 Å². The summed E-state index contributed by atoms with van der Waals surface area (Å²) < 4.78 is 0. The molecule has 0 aliphatic carbocycles. The van der Waals surface area contributed by atoms with E-state index in [-0.39, 0.29) is 17.6 Å². The predicted octanol–water partition coefficient (Wildman–Crippen LogP) is 3.30. The fourth-order valence-corrected chi connectivity index (χ4v) is 3.16. The standard InChI is InChI=1S/C19H21N3O3/c1-14-4-2-3-5-18(14)19(23)20-15-10-12-21(13-11-15)16-6-8-17(9-7-16)22(24)25/h2-9,15H,10-13H2,1H3,(H,20,23). The third-order valence-corrected chi connectivity index (χ3v) is 4.65. The minimum Gasteiger partial charge on any atom is -0.371 e. The molecule has 0 unspecified atom stereocenters. The zero-order chi connectivity index (χ0) is 17.8. The van der Waals surface area contributed by atoms with Gasteiger partial charge in [0.1, 0.15) is 0 Å². The second-order valence-electron chi connectivity index (χ2n) is 6.32. The van der Waals surface area contributed by atoms with Gasteiger partial charge < -0.3 is 10.2 Å². The Hall–Kier alpha value is -2.89. The lowest BCUT2D eigenvalue weighted by Crippen LogP contribution is -2.44. The molecule has 0 aromatic heterocycles. The number of non-ortho nitro benzene ring substituents is 1. The number of benzene rings is 2. The molecule has 0 saturated carbocycles. The van der Waals surface area contributed by atoms with Gasteiger partial charge in [-0.1, -0.05) is 18.2 Å². The molecule has 2 aromatic carbocycles. The summed E-state index contributed by atoms with van der Waals surface area (Å²) in [6.45, 7) is 3.57. The van der Waals surface area contributed by atoms with Gasteiger partial charge in [-0.2, -0.15) is 0 Å². The van der Waals surface area contributed by atoms with Crippen molar-refractivity contribution >= 4 is 17.3 Å². The monoisotopic (exact) mass is 339 g/mol. The third kappa shape index (κ3) is 3.96. The normalized spacial score (nSPS) is 15.0. The Morgan fingerprint density at radius 2 is 1.76 bits per heavy atom. The minimum atomic E-state index is -0.392. The summed E-state index contributed by atoms with van der Waals surface area (Å²) in [5, 5.41) is 13.8. The van der Waals surface area contributed by atoms with Gasteiger partial charge in [0.15, 0.2) is 0 Å². The fourth-order valence-electron chi connectivity index (χ4n) is 3.16. The first-order valence-electron chi connectivity index (χ1n) is 8.40. The Balaban J connectivity index is 1.56. The Morgan fingerprint density at radius 1 is 1.12 bits per heavy atom. The maximum absolute atomic E-state index is 12.4. The Kier molecular flexibility index (Phi) is 4.97. The molecule has 3 rings (SSSR count). The van der Waals surface area contributed by atoms with Crippen molar-refractivity contribution in [3.05, 3.63) is 69.8 Å². The number of hydrogen-bond acceptors (Lipinski definition) is 4. The zero-order valence-corrected chi connectivity index (χ0v) is 14.1. The average molecular weight is 339 g/mol. The van der Waals surface area contributed by atoms with Gasteiger partial charge in [0, 0.05) is 42.5 Å². The van der Waals surface area contributed by atoms with E-state index in [0.717, 1.165) is 42.7 Å². The quantitative estimate of drug-likeness (QED) is 0.685. The van der Waals surface area contributed by atoms with Crippen LogP contribution in [0.5, 0.6) is 0 Å². The van der Waals surface area contributed by atoms with Crippen LogP contribution in [0.3, 0.4) is 0 Å². The molecule has 0 bridgehead atoms. The number of rotatable bonds is 4. The van der Waals surface area contributed by atoms with Crippen LogP contribution in [0, 0.1) is 17.0 Å². The van der Waals surface area contributed by atoms with E-state index in [1.54, 1.807) is 12.1 Å². The largest absolute Gasteiger partial charge is 0.371 e. The number of piperidine rings is 1. The first-order chi connectivity index (χ1) is 12.0. The number of carbonyl (C=O) groups is 1. The summed E-state index contributed by atoms with van der Waals surface area (Å²) in [6, 6.07) is 14.4. The van der Waals surface area contributed by atoms with E-state index < -0.39 is 4.92 Å². The second kappa shape index (κ2) is 7.34. The van der Waals surface area contributed by atoms with Gasteiger partial charge in [0.25, 0.3) is 11.6 Å². The summed E-state index contributed by atoms with van der Waals surface area (Å²) in [7, 11) is 0. The van der Waals surface area contributed by atoms with Crippen LogP contribution in [0.4, 0.5) is 11.4 Å². The Morgan fingerprint density at radius 3 is 2.36 bits per heavy atom. The van der Waals surface area contributed by atoms with E-state index >= 15 is 0 Å². The van der Waals surface area contributed by atoms with Crippen LogP contribution in [0.25, 0.3) is 0 Å². The Bertz CT molecular complexity index is 766. The highest BCUT2D eigenvalue weighted by molar-refractivity contribution is 5.95. The molecule has 1 heterocycles. The number of amides is 1. The van der Waals surface area contributed by atoms with Crippen LogP contribution in [-0.2, 0) is 0 Å². The van der Waals surface area contributed by atoms with Gasteiger partial charge in [-0.25, -0.2) is 0 Å². The number of nitro groups is 1. The number of nitro benzene ring substituents is 1. The van der Waals surface area contributed by atoms with Gasteiger partial charge >= 0.3 is 0 Å². The highest BCUT2D eigenvalue weighted by Crippen LogP contribution is 2.23. The van der Waals surface area contributed by atoms with Gasteiger partial charge in [0.2, 0.25) is 0 Å². The molecule has 1 aliphatic rings. The molecule has 6 nitrogen and oxygen atoms in total. The molecule has 25 heavy (non-hydrogen) atoms. The molecule has 2 aromatic rings. The molecule has 0 spiro atoms. The van der Waals surface area contributed by atoms with Crippen molar-refractivity contribution < 1.29 is 9.72 Å². The molecule has 1 N–H and O–H groups in total. The number of hydrogen-bond donors (Lipinski definition) is 1. The van der Waals surface area contributed by atoms with Crippen molar-refractivity contribution in [3.8, 4) is 0 Å². The van der Waals surface area contributed by atoms with Crippen LogP contribution in [0.1, 0.15) is 28.8 Å². The molecule has 1 aliphatic heterocycles. The molecule has 1 fully saturated rings. The van der Waals surface area contributed by atoms with Crippen LogP contribution in [-0.4, -0.2) is 30.0 Å². The molecule has 1 saturated heterocycles. The van der Waals surface area contributed by atoms with Gasteiger partial charge in [-0.15, -0.1) is 0 Å². The van der Waals surface area contributed by atoms with E-state index in [1.807, 2.05) is 31.2 Å². The van der Waals surface area contributed by atoms with Crippen molar-refractivity contribution in [2.75, 3.05) is 18.0 Å². The van der Waals surface area contributed by atoms with E-state index in [4.69, 9.17) is 0 Å². The smallest absolute Gasteiger partial charge is 0.269 e. The number of nitrogens with one attached hydrogen (secondary N) is 1. The topological polar surface area (TPSA) is 75.5 Å².